The Morgan fingerprint density at radius 2 is 1.70 bits per heavy atom. The minimum Gasteiger partial charge on any atom is -0.478 e. The van der Waals surface area contributed by atoms with Crippen molar-refractivity contribution in [3.8, 4) is 5.75 Å². The Labute approximate surface area is 140 Å². The number of nitrogens with zero attached hydrogens (tertiary/aromatic N) is 2. The lowest BCUT2D eigenvalue weighted by Gasteiger charge is -2.25. The number of aryl methyl sites for hydroxylation is 2. The number of halogens is 1. The average molecular weight is 335 g/mol. The van der Waals surface area contributed by atoms with Crippen LogP contribution in [-0.4, -0.2) is 21.5 Å². The van der Waals surface area contributed by atoms with E-state index in [1.165, 1.54) is 0 Å². The van der Waals surface area contributed by atoms with E-state index in [1.807, 2.05) is 19.9 Å². The van der Waals surface area contributed by atoms with Crippen LogP contribution in [0.3, 0.4) is 0 Å². The summed E-state index contributed by atoms with van der Waals surface area (Å²) >= 11 is 5.83. The summed E-state index contributed by atoms with van der Waals surface area (Å²) in [7, 11) is 0. The minimum absolute atomic E-state index is 0.332. The number of nitrogens with one attached hydrogen (secondary N) is 2. The number of hydrogen-bond acceptors (Lipinski definition) is 5. The molecule has 0 fully saturated rings. The molecule has 1 heterocycles. The number of amides is 1. The molecule has 0 unspecified atom stereocenters. The van der Waals surface area contributed by atoms with Gasteiger partial charge in [-0.1, -0.05) is 11.6 Å². The van der Waals surface area contributed by atoms with E-state index in [2.05, 4.69) is 20.8 Å². The Balaban J connectivity index is 1.99. The Morgan fingerprint density at radius 3 is 2.26 bits per heavy atom. The van der Waals surface area contributed by atoms with Crippen LogP contribution in [0.25, 0.3) is 0 Å². The minimum atomic E-state index is -1.08. The monoisotopic (exact) mass is 334 g/mol. The molecule has 0 aliphatic rings. The summed E-state index contributed by atoms with van der Waals surface area (Å²) in [4.78, 5) is 20.7. The number of carbonyl (C=O) groups is 1. The summed E-state index contributed by atoms with van der Waals surface area (Å²) in [6.45, 7) is 7.05. The highest BCUT2D eigenvalue weighted by Gasteiger charge is 2.30. The number of hydrazine groups is 1. The third-order valence-electron chi connectivity index (χ3n) is 3.00. The van der Waals surface area contributed by atoms with E-state index in [9.17, 15) is 4.79 Å². The van der Waals surface area contributed by atoms with Gasteiger partial charge in [0.2, 0.25) is 5.95 Å². The smallest absolute Gasteiger partial charge is 0.281 e. The summed E-state index contributed by atoms with van der Waals surface area (Å²) in [5, 5.41) is 0.605. The first-order valence-corrected chi connectivity index (χ1v) is 7.47. The topological polar surface area (TPSA) is 76.1 Å². The van der Waals surface area contributed by atoms with Gasteiger partial charge in [0.25, 0.3) is 5.91 Å². The Hall–Kier alpha value is -2.34. The van der Waals surface area contributed by atoms with E-state index in [4.69, 9.17) is 16.3 Å². The van der Waals surface area contributed by atoms with E-state index >= 15 is 0 Å². The summed E-state index contributed by atoms with van der Waals surface area (Å²) < 4.78 is 5.70. The van der Waals surface area contributed by atoms with Crippen LogP contribution in [0.5, 0.6) is 5.75 Å². The van der Waals surface area contributed by atoms with Gasteiger partial charge in [-0.2, -0.15) is 0 Å². The van der Waals surface area contributed by atoms with Gasteiger partial charge < -0.3 is 4.74 Å². The lowest BCUT2D eigenvalue weighted by atomic mass is 10.1. The van der Waals surface area contributed by atoms with Gasteiger partial charge in [-0.25, -0.2) is 9.97 Å². The number of anilines is 1. The van der Waals surface area contributed by atoms with Gasteiger partial charge in [-0.05, 0) is 58.0 Å². The van der Waals surface area contributed by atoms with Gasteiger partial charge >= 0.3 is 0 Å². The maximum atomic E-state index is 12.3. The average Bonchev–Trinajstić information content (AvgIpc) is 2.46. The molecule has 0 aliphatic heterocycles. The van der Waals surface area contributed by atoms with E-state index in [0.29, 0.717) is 16.7 Å². The van der Waals surface area contributed by atoms with Crippen LogP contribution in [0.2, 0.25) is 5.02 Å². The Kier molecular flexibility index (Phi) is 5.05. The highest BCUT2D eigenvalue weighted by atomic mass is 35.5. The second-order valence-electron chi connectivity index (χ2n) is 5.62. The normalized spacial score (nSPS) is 11.0. The van der Waals surface area contributed by atoms with Gasteiger partial charge in [0.05, 0.1) is 0 Å². The first kappa shape index (κ1) is 17.0. The van der Waals surface area contributed by atoms with Gasteiger partial charge in [0.1, 0.15) is 5.75 Å². The summed E-state index contributed by atoms with van der Waals surface area (Å²) in [5.41, 5.74) is 5.80. The second kappa shape index (κ2) is 6.83. The van der Waals surface area contributed by atoms with Crippen LogP contribution in [0.1, 0.15) is 25.2 Å². The van der Waals surface area contributed by atoms with Gasteiger partial charge in [0, 0.05) is 16.4 Å². The number of hydrogen-bond donors (Lipinski definition) is 2. The molecule has 0 saturated heterocycles. The predicted molar refractivity (Wildman–Crippen MR) is 89.4 cm³/mol. The largest absolute Gasteiger partial charge is 0.478 e. The number of carbonyl (C=O) groups excluding carboxylic acids is 1. The molecule has 6 nitrogen and oxygen atoms in total. The van der Waals surface area contributed by atoms with Crippen molar-refractivity contribution in [1.29, 1.82) is 0 Å². The van der Waals surface area contributed by atoms with Gasteiger partial charge in [0.15, 0.2) is 5.60 Å². The number of ether oxygens (including phenoxy) is 1. The van der Waals surface area contributed by atoms with Crippen LogP contribution in [-0.2, 0) is 4.79 Å². The molecule has 1 aromatic heterocycles. The molecule has 2 aromatic rings. The third-order valence-corrected chi connectivity index (χ3v) is 3.26. The first-order chi connectivity index (χ1) is 10.8. The van der Waals surface area contributed by atoms with Crippen molar-refractivity contribution >= 4 is 23.5 Å². The van der Waals surface area contributed by atoms with Gasteiger partial charge in [-0.3, -0.25) is 15.6 Å². The van der Waals surface area contributed by atoms with Crippen molar-refractivity contribution < 1.29 is 9.53 Å². The van der Waals surface area contributed by atoms with E-state index in [0.717, 1.165) is 11.4 Å². The molecule has 2 rings (SSSR count). The molecule has 0 aliphatic carbocycles. The molecule has 0 radical (unpaired) electrons. The lowest BCUT2D eigenvalue weighted by Crippen LogP contribution is -2.48. The van der Waals surface area contributed by atoms with Crippen LogP contribution >= 0.6 is 11.6 Å². The fraction of sp³-hybridized carbons (Fsp3) is 0.312. The van der Waals surface area contributed by atoms with Crippen LogP contribution < -0.4 is 15.6 Å². The standard InChI is InChI=1S/C16H19ClN4O2/c1-10-9-11(2)19-15(18-10)21-20-14(22)16(3,4)23-13-7-5-12(17)6-8-13/h5-9H,1-4H3,(H,20,22)(H,18,19,21). The molecule has 0 bridgehead atoms. The lowest BCUT2D eigenvalue weighted by molar-refractivity contribution is -0.133. The zero-order chi connectivity index (χ0) is 17.0. The van der Waals surface area contributed by atoms with Crippen LogP contribution in [0, 0.1) is 13.8 Å². The highest BCUT2D eigenvalue weighted by Crippen LogP contribution is 2.21. The first-order valence-electron chi connectivity index (χ1n) is 7.09. The van der Waals surface area contributed by atoms with Crippen LogP contribution in [0.4, 0.5) is 5.95 Å². The Morgan fingerprint density at radius 1 is 1.13 bits per heavy atom. The zero-order valence-corrected chi connectivity index (χ0v) is 14.2. The quantitative estimate of drug-likeness (QED) is 0.822. The molecule has 0 saturated carbocycles. The van der Waals surface area contributed by atoms with Crippen molar-refractivity contribution in [2.75, 3.05) is 5.43 Å². The molecule has 23 heavy (non-hydrogen) atoms. The van der Waals surface area contributed by atoms with E-state index in [1.54, 1.807) is 38.1 Å². The molecule has 1 aromatic carbocycles. The molecule has 0 spiro atoms. The summed E-state index contributed by atoms with van der Waals surface area (Å²) in [6, 6.07) is 8.66. The molecular weight excluding hydrogens is 316 g/mol. The number of aromatic nitrogens is 2. The predicted octanol–water partition coefficient (Wildman–Crippen LogP) is 3.05. The number of rotatable bonds is 5. The van der Waals surface area contributed by atoms with E-state index < -0.39 is 5.60 Å². The molecule has 0 atom stereocenters. The second-order valence-corrected chi connectivity index (χ2v) is 6.06. The maximum absolute atomic E-state index is 12.3. The third kappa shape index (κ3) is 4.82. The van der Waals surface area contributed by atoms with Crippen molar-refractivity contribution in [1.82, 2.24) is 15.4 Å². The highest BCUT2D eigenvalue weighted by molar-refractivity contribution is 6.30. The van der Waals surface area contributed by atoms with E-state index in [-0.39, 0.29) is 5.91 Å². The molecule has 2 N–H and O–H groups in total. The fourth-order valence-corrected chi connectivity index (χ4v) is 2.01. The number of benzene rings is 1. The summed E-state index contributed by atoms with van der Waals surface area (Å²) in [6.07, 6.45) is 0. The molecule has 1 amide bonds. The summed E-state index contributed by atoms with van der Waals surface area (Å²) in [5.74, 6) is 0.533. The Bertz CT molecular complexity index is 681. The van der Waals surface area contributed by atoms with Gasteiger partial charge in [-0.15, -0.1) is 0 Å². The van der Waals surface area contributed by atoms with Crippen LogP contribution in [0.15, 0.2) is 30.3 Å². The SMILES string of the molecule is Cc1cc(C)nc(NNC(=O)C(C)(C)Oc2ccc(Cl)cc2)n1. The van der Waals surface area contributed by atoms with Crippen molar-refractivity contribution in [2.45, 2.75) is 33.3 Å². The molecule has 7 heteroatoms. The fourth-order valence-electron chi connectivity index (χ4n) is 1.89. The van der Waals surface area contributed by atoms with Crippen molar-refractivity contribution in [3.63, 3.8) is 0 Å². The molecule has 122 valence electrons. The molecular formula is C16H19ClN4O2. The zero-order valence-electron chi connectivity index (χ0n) is 13.5. The van der Waals surface area contributed by atoms with Crippen molar-refractivity contribution in [3.05, 3.63) is 46.7 Å². The van der Waals surface area contributed by atoms with Crippen molar-refractivity contribution in [2.24, 2.45) is 0 Å². The maximum Gasteiger partial charge on any atom is 0.281 e.